The summed E-state index contributed by atoms with van der Waals surface area (Å²) in [6.07, 6.45) is 2.88. The van der Waals surface area contributed by atoms with Gasteiger partial charge in [-0.15, -0.1) is 0 Å². The van der Waals surface area contributed by atoms with Crippen LogP contribution in [-0.2, 0) is 17.6 Å². The molecular weight excluding hydrogens is 310 g/mol. The topological polar surface area (TPSA) is 42.2 Å². The zero-order chi connectivity index (χ0) is 16.4. The number of nitrogens with one attached hydrogen (secondary N) is 1. The number of carbonyl (C=O) groups excluding carboxylic acids is 1. The van der Waals surface area contributed by atoms with E-state index in [0.717, 1.165) is 28.5 Å². The number of furan rings is 1. The Morgan fingerprint density at radius 3 is 2.78 bits per heavy atom. The number of rotatable bonds is 4. The molecule has 0 aliphatic heterocycles. The number of hydrogen-bond acceptors (Lipinski definition) is 2. The van der Waals surface area contributed by atoms with Crippen LogP contribution < -0.4 is 5.32 Å². The predicted molar refractivity (Wildman–Crippen MR) is 94.1 cm³/mol. The highest BCUT2D eigenvalue weighted by Gasteiger charge is 2.11. The maximum absolute atomic E-state index is 12.3. The van der Waals surface area contributed by atoms with Gasteiger partial charge in [0, 0.05) is 21.7 Å². The molecule has 0 saturated carbocycles. The fourth-order valence-corrected chi connectivity index (χ4v) is 2.72. The van der Waals surface area contributed by atoms with Gasteiger partial charge in [0.25, 0.3) is 0 Å². The molecule has 1 aromatic heterocycles. The Morgan fingerprint density at radius 1 is 1.22 bits per heavy atom. The van der Waals surface area contributed by atoms with Gasteiger partial charge in [0.1, 0.15) is 5.58 Å². The first-order valence-corrected chi connectivity index (χ1v) is 7.99. The first-order valence-electron chi connectivity index (χ1n) is 7.62. The smallest absolute Gasteiger partial charge is 0.228 e. The first kappa shape index (κ1) is 15.6. The van der Waals surface area contributed by atoms with Crippen molar-refractivity contribution in [1.82, 2.24) is 0 Å². The number of anilines is 1. The van der Waals surface area contributed by atoms with Gasteiger partial charge in [-0.1, -0.05) is 30.7 Å². The zero-order valence-corrected chi connectivity index (χ0v) is 13.9. The third-order valence-corrected chi connectivity index (χ3v) is 4.34. The van der Waals surface area contributed by atoms with E-state index in [-0.39, 0.29) is 12.3 Å². The van der Waals surface area contributed by atoms with E-state index in [9.17, 15) is 4.79 Å². The van der Waals surface area contributed by atoms with Crippen LogP contribution in [0.25, 0.3) is 11.0 Å². The molecule has 0 unspecified atom stereocenters. The van der Waals surface area contributed by atoms with Crippen LogP contribution in [0.3, 0.4) is 0 Å². The standard InChI is InChI=1S/C19H18ClNO2/c1-3-13-5-7-18-16(8-13)14(11-23-18)9-19(22)21-15-6-4-12(2)17(20)10-15/h4-8,10-11H,3,9H2,1-2H3,(H,21,22). The Bertz CT molecular complexity index is 867. The monoisotopic (exact) mass is 327 g/mol. The summed E-state index contributed by atoms with van der Waals surface area (Å²) < 4.78 is 5.53. The number of aryl methyl sites for hydroxylation is 2. The van der Waals surface area contributed by atoms with Crippen LogP contribution in [0.1, 0.15) is 23.6 Å². The molecule has 3 rings (SSSR count). The maximum atomic E-state index is 12.3. The van der Waals surface area contributed by atoms with Gasteiger partial charge in [-0.25, -0.2) is 0 Å². The van der Waals surface area contributed by atoms with E-state index in [1.165, 1.54) is 5.56 Å². The minimum atomic E-state index is -0.0884. The van der Waals surface area contributed by atoms with E-state index in [1.807, 2.05) is 31.2 Å². The van der Waals surface area contributed by atoms with Crippen LogP contribution in [0, 0.1) is 6.92 Å². The Labute approximate surface area is 140 Å². The number of amides is 1. The summed E-state index contributed by atoms with van der Waals surface area (Å²) in [5.74, 6) is -0.0884. The van der Waals surface area contributed by atoms with Gasteiger partial charge in [-0.05, 0) is 48.7 Å². The van der Waals surface area contributed by atoms with Crippen LogP contribution in [0.15, 0.2) is 47.1 Å². The molecule has 118 valence electrons. The largest absolute Gasteiger partial charge is 0.464 e. The highest BCUT2D eigenvalue weighted by atomic mass is 35.5. The van der Waals surface area contributed by atoms with Crippen LogP contribution in [0.5, 0.6) is 0 Å². The second kappa shape index (κ2) is 6.47. The van der Waals surface area contributed by atoms with Crippen molar-refractivity contribution in [3.05, 3.63) is 64.4 Å². The van der Waals surface area contributed by atoms with Gasteiger partial charge < -0.3 is 9.73 Å². The van der Waals surface area contributed by atoms with Crippen molar-refractivity contribution in [2.24, 2.45) is 0 Å². The highest BCUT2D eigenvalue weighted by molar-refractivity contribution is 6.31. The SMILES string of the molecule is CCc1ccc2occ(CC(=O)Nc3ccc(C)c(Cl)c3)c2c1. The van der Waals surface area contributed by atoms with Gasteiger partial charge in [0.05, 0.1) is 12.7 Å². The molecule has 2 aromatic carbocycles. The summed E-state index contributed by atoms with van der Waals surface area (Å²) in [5.41, 5.74) is 4.62. The summed E-state index contributed by atoms with van der Waals surface area (Å²) in [4.78, 5) is 12.3. The molecule has 0 aliphatic rings. The molecule has 0 aliphatic carbocycles. The lowest BCUT2D eigenvalue weighted by Gasteiger charge is -2.06. The molecule has 0 saturated heterocycles. The molecule has 0 fully saturated rings. The quantitative estimate of drug-likeness (QED) is 0.721. The Kier molecular flexibility index (Phi) is 4.39. The number of halogens is 1. The minimum Gasteiger partial charge on any atom is -0.464 e. The summed E-state index contributed by atoms with van der Waals surface area (Å²) in [7, 11) is 0. The van der Waals surface area contributed by atoms with E-state index in [1.54, 1.807) is 12.3 Å². The Balaban J connectivity index is 1.78. The van der Waals surface area contributed by atoms with Crippen molar-refractivity contribution in [3.63, 3.8) is 0 Å². The first-order chi connectivity index (χ1) is 11.1. The summed E-state index contributed by atoms with van der Waals surface area (Å²) in [6, 6.07) is 11.6. The summed E-state index contributed by atoms with van der Waals surface area (Å²) >= 11 is 6.09. The Morgan fingerprint density at radius 2 is 2.04 bits per heavy atom. The van der Waals surface area contributed by atoms with Crippen LogP contribution >= 0.6 is 11.6 Å². The van der Waals surface area contributed by atoms with Crippen molar-refractivity contribution >= 4 is 34.2 Å². The summed E-state index contributed by atoms with van der Waals surface area (Å²) in [5, 5.41) is 4.52. The number of benzene rings is 2. The molecule has 1 heterocycles. The van der Waals surface area contributed by atoms with Gasteiger partial charge in [-0.2, -0.15) is 0 Å². The van der Waals surface area contributed by atoms with E-state index < -0.39 is 0 Å². The average molecular weight is 328 g/mol. The van der Waals surface area contributed by atoms with Gasteiger partial charge in [0.15, 0.2) is 0 Å². The minimum absolute atomic E-state index is 0.0884. The third-order valence-electron chi connectivity index (χ3n) is 3.93. The van der Waals surface area contributed by atoms with Crippen molar-refractivity contribution in [3.8, 4) is 0 Å². The van der Waals surface area contributed by atoms with Crippen molar-refractivity contribution < 1.29 is 9.21 Å². The molecule has 3 aromatic rings. The Hall–Kier alpha value is -2.26. The fraction of sp³-hybridized carbons (Fsp3) is 0.211. The number of carbonyl (C=O) groups is 1. The van der Waals surface area contributed by atoms with Gasteiger partial charge >= 0.3 is 0 Å². The third kappa shape index (κ3) is 3.40. The lowest BCUT2D eigenvalue weighted by molar-refractivity contribution is -0.115. The van der Waals surface area contributed by atoms with Crippen molar-refractivity contribution in [1.29, 1.82) is 0 Å². The van der Waals surface area contributed by atoms with Gasteiger partial charge in [0.2, 0.25) is 5.91 Å². The highest BCUT2D eigenvalue weighted by Crippen LogP contribution is 2.24. The predicted octanol–water partition coefficient (Wildman–Crippen LogP) is 5.14. The van der Waals surface area contributed by atoms with Gasteiger partial charge in [-0.3, -0.25) is 4.79 Å². The average Bonchev–Trinajstić information content (AvgIpc) is 2.93. The van der Waals surface area contributed by atoms with E-state index in [4.69, 9.17) is 16.0 Å². The lowest BCUT2D eigenvalue weighted by atomic mass is 10.1. The molecule has 3 nitrogen and oxygen atoms in total. The molecule has 1 amide bonds. The lowest BCUT2D eigenvalue weighted by Crippen LogP contribution is -2.14. The molecule has 0 spiro atoms. The number of fused-ring (bicyclic) bond motifs is 1. The normalized spacial score (nSPS) is 10.9. The molecular formula is C19H18ClNO2. The molecule has 23 heavy (non-hydrogen) atoms. The van der Waals surface area contributed by atoms with Crippen LogP contribution in [-0.4, -0.2) is 5.91 Å². The molecule has 0 bridgehead atoms. The van der Waals surface area contributed by atoms with E-state index in [0.29, 0.717) is 10.7 Å². The van der Waals surface area contributed by atoms with Crippen molar-refractivity contribution in [2.75, 3.05) is 5.32 Å². The van der Waals surface area contributed by atoms with Crippen molar-refractivity contribution in [2.45, 2.75) is 26.7 Å². The van der Waals surface area contributed by atoms with E-state index >= 15 is 0 Å². The van der Waals surface area contributed by atoms with Crippen LogP contribution in [0.4, 0.5) is 5.69 Å². The molecule has 1 N–H and O–H groups in total. The summed E-state index contributed by atoms with van der Waals surface area (Å²) in [6.45, 7) is 4.03. The number of hydrogen-bond donors (Lipinski definition) is 1. The maximum Gasteiger partial charge on any atom is 0.228 e. The van der Waals surface area contributed by atoms with Crippen LogP contribution in [0.2, 0.25) is 5.02 Å². The molecule has 0 radical (unpaired) electrons. The fourth-order valence-electron chi connectivity index (χ4n) is 2.53. The van der Waals surface area contributed by atoms with E-state index in [2.05, 4.69) is 18.3 Å². The molecule has 0 atom stereocenters. The second-order valence-corrected chi connectivity index (χ2v) is 6.04. The second-order valence-electron chi connectivity index (χ2n) is 5.63. The zero-order valence-electron chi connectivity index (χ0n) is 13.2. The molecule has 4 heteroatoms.